The van der Waals surface area contributed by atoms with Gasteiger partial charge in [-0.2, -0.15) is 0 Å². The van der Waals surface area contributed by atoms with Crippen LogP contribution >= 0.6 is 15.9 Å². The zero-order chi connectivity index (χ0) is 13.8. The van der Waals surface area contributed by atoms with E-state index in [2.05, 4.69) is 15.9 Å². The molecular formula is C15H12BrF3. The van der Waals surface area contributed by atoms with Crippen molar-refractivity contribution in [3.05, 3.63) is 71.0 Å². The lowest BCUT2D eigenvalue weighted by Crippen LogP contribution is -2.08. The fourth-order valence-corrected chi connectivity index (χ4v) is 2.57. The number of benzene rings is 2. The smallest absolute Gasteiger partial charge is 0.129 e. The van der Waals surface area contributed by atoms with Crippen molar-refractivity contribution in [3.8, 4) is 0 Å². The molecule has 0 aliphatic heterocycles. The van der Waals surface area contributed by atoms with E-state index in [-0.39, 0.29) is 23.7 Å². The molecule has 1 atom stereocenters. The quantitative estimate of drug-likeness (QED) is 0.705. The van der Waals surface area contributed by atoms with Crippen LogP contribution in [0.1, 0.15) is 17.0 Å². The van der Waals surface area contributed by atoms with E-state index in [4.69, 9.17) is 0 Å². The predicted molar refractivity (Wildman–Crippen MR) is 73.0 cm³/mol. The summed E-state index contributed by atoms with van der Waals surface area (Å²) in [6, 6.07) is 9.81. The Balaban J connectivity index is 2.26. The molecule has 0 amide bonds. The molecule has 2 rings (SSSR count). The second-order valence-electron chi connectivity index (χ2n) is 4.31. The third kappa shape index (κ3) is 3.38. The van der Waals surface area contributed by atoms with Crippen LogP contribution in [0.5, 0.6) is 0 Å². The number of halogens is 4. The Morgan fingerprint density at radius 3 is 2.00 bits per heavy atom. The van der Waals surface area contributed by atoms with Crippen LogP contribution < -0.4 is 0 Å². The van der Waals surface area contributed by atoms with Gasteiger partial charge < -0.3 is 0 Å². The highest BCUT2D eigenvalue weighted by Crippen LogP contribution is 2.26. The summed E-state index contributed by atoms with van der Waals surface area (Å²) in [6.45, 7) is 0. The fraction of sp³-hybridized carbons (Fsp3) is 0.200. The lowest BCUT2D eigenvalue weighted by atomic mass is 9.93. The maximum atomic E-state index is 13.6. The number of alkyl halides is 1. The minimum absolute atomic E-state index is 0.0660. The van der Waals surface area contributed by atoms with Gasteiger partial charge in [-0.25, -0.2) is 13.2 Å². The first-order chi connectivity index (χ1) is 9.11. The molecular weight excluding hydrogens is 317 g/mol. The molecule has 0 radical (unpaired) electrons. The molecule has 0 bridgehead atoms. The molecule has 100 valence electrons. The van der Waals surface area contributed by atoms with Crippen LogP contribution in [0.4, 0.5) is 13.2 Å². The Hall–Kier alpha value is -1.29. The zero-order valence-corrected chi connectivity index (χ0v) is 11.6. The summed E-state index contributed by atoms with van der Waals surface area (Å²) in [5, 5.41) is 0.548. The Morgan fingerprint density at radius 1 is 0.895 bits per heavy atom. The second-order valence-corrected chi connectivity index (χ2v) is 4.95. The third-order valence-electron chi connectivity index (χ3n) is 3.04. The molecule has 0 saturated carbocycles. The average Bonchev–Trinajstić information content (AvgIpc) is 2.40. The molecule has 0 fully saturated rings. The van der Waals surface area contributed by atoms with Gasteiger partial charge in [-0.3, -0.25) is 0 Å². The lowest BCUT2D eigenvalue weighted by Gasteiger charge is -2.15. The summed E-state index contributed by atoms with van der Waals surface area (Å²) >= 11 is 3.34. The predicted octanol–water partition coefficient (Wildman–Crippen LogP) is 4.83. The van der Waals surface area contributed by atoms with Gasteiger partial charge >= 0.3 is 0 Å². The van der Waals surface area contributed by atoms with Crippen LogP contribution in [-0.4, -0.2) is 5.33 Å². The molecule has 0 saturated heterocycles. The van der Waals surface area contributed by atoms with Crippen LogP contribution in [0, 0.1) is 17.5 Å². The Morgan fingerprint density at radius 2 is 1.47 bits per heavy atom. The zero-order valence-electron chi connectivity index (χ0n) is 10.0. The number of rotatable bonds is 4. The molecule has 0 heterocycles. The van der Waals surface area contributed by atoms with Gasteiger partial charge in [-0.05, 0) is 42.2 Å². The largest absolute Gasteiger partial charge is 0.207 e. The first-order valence-electron chi connectivity index (χ1n) is 5.86. The van der Waals surface area contributed by atoms with Crippen LogP contribution in [0.3, 0.4) is 0 Å². The molecule has 4 heteroatoms. The molecule has 0 spiro atoms. The summed E-state index contributed by atoms with van der Waals surface area (Å²) in [4.78, 5) is 0. The van der Waals surface area contributed by atoms with E-state index >= 15 is 0 Å². The van der Waals surface area contributed by atoms with Crippen molar-refractivity contribution in [1.29, 1.82) is 0 Å². The van der Waals surface area contributed by atoms with E-state index < -0.39 is 11.6 Å². The summed E-state index contributed by atoms with van der Waals surface area (Å²) in [7, 11) is 0. The van der Waals surface area contributed by atoms with E-state index in [1.165, 1.54) is 30.3 Å². The number of hydrogen-bond donors (Lipinski definition) is 0. The van der Waals surface area contributed by atoms with Gasteiger partial charge in [0.05, 0.1) is 0 Å². The molecule has 0 aromatic heterocycles. The summed E-state index contributed by atoms with van der Waals surface area (Å²) in [6.07, 6.45) is 0.232. The van der Waals surface area contributed by atoms with Crippen molar-refractivity contribution in [2.45, 2.75) is 12.3 Å². The van der Waals surface area contributed by atoms with Gasteiger partial charge in [0.2, 0.25) is 0 Å². The molecule has 0 N–H and O–H groups in total. The maximum Gasteiger partial charge on any atom is 0.129 e. The molecule has 1 unspecified atom stereocenters. The minimum atomic E-state index is -0.548. The fourth-order valence-electron chi connectivity index (χ4n) is 1.97. The van der Waals surface area contributed by atoms with Gasteiger partial charge in [-0.1, -0.05) is 34.1 Å². The lowest BCUT2D eigenvalue weighted by molar-refractivity contribution is 0.544. The average molecular weight is 329 g/mol. The van der Waals surface area contributed by atoms with Crippen molar-refractivity contribution in [2.75, 3.05) is 5.33 Å². The monoisotopic (exact) mass is 328 g/mol. The third-order valence-corrected chi connectivity index (χ3v) is 3.82. The van der Waals surface area contributed by atoms with E-state index in [9.17, 15) is 13.2 Å². The standard InChI is InChI=1S/C15H12BrF3/c16-9-11(10-4-6-12(17)7-5-10)8-13-14(18)2-1-3-15(13)19/h1-7,11H,8-9H2. The van der Waals surface area contributed by atoms with Crippen molar-refractivity contribution in [1.82, 2.24) is 0 Å². The van der Waals surface area contributed by atoms with Gasteiger partial charge in [0.25, 0.3) is 0 Å². The van der Waals surface area contributed by atoms with Crippen LogP contribution in [-0.2, 0) is 6.42 Å². The van der Waals surface area contributed by atoms with E-state index in [0.29, 0.717) is 5.33 Å². The first kappa shape index (κ1) is 14.1. The number of hydrogen-bond acceptors (Lipinski definition) is 0. The molecule has 19 heavy (non-hydrogen) atoms. The SMILES string of the molecule is Fc1ccc(C(CBr)Cc2c(F)cccc2F)cc1. The highest BCUT2D eigenvalue weighted by atomic mass is 79.9. The highest BCUT2D eigenvalue weighted by Gasteiger charge is 2.16. The van der Waals surface area contributed by atoms with Gasteiger partial charge in [0.1, 0.15) is 17.5 Å². The Labute approximate surface area is 118 Å². The van der Waals surface area contributed by atoms with E-state index in [1.54, 1.807) is 12.1 Å². The molecule has 0 nitrogen and oxygen atoms in total. The first-order valence-corrected chi connectivity index (χ1v) is 6.98. The maximum absolute atomic E-state index is 13.6. The Bertz CT molecular complexity index is 532. The summed E-state index contributed by atoms with van der Waals surface area (Å²) < 4.78 is 40.1. The van der Waals surface area contributed by atoms with Crippen molar-refractivity contribution in [3.63, 3.8) is 0 Å². The van der Waals surface area contributed by atoms with Crippen LogP contribution in [0.15, 0.2) is 42.5 Å². The van der Waals surface area contributed by atoms with Crippen LogP contribution in [0.25, 0.3) is 0 Å². The molecule has 0 aliphatic carbocycles. The summed E-state index contributed by atoms with van der Waals surface area (Å²) in [5.41, 5.74) is 0.914. The molecule has 0 aliphatic rings. The summed E-state index contributed by atoms with van der Waals surface area (Å²) in [5.74, 6) is -1.53. The van der Waals surface area contributed by atoms with Crippen molar-refractivity contribution in [2.24, 2.45) is 0 Å². The minimum Gasteiger partial charge on any atom is -0.207 e. The Kier molecular flexibility index (Phi) is 4.64. The molecule has 2 aromatic carbocycles. The highest BCUT2D eigenvalue weighted by molar-refractivity contribution is 9.09. The van der Waals surface area contributed by atoms with Gasteiger partial charge in [0.15, 0.2) is 0 Å². The second kappa shape index (κ2) is 6.24. The van der Waals surface area contributed by atoms with E-state index in [1.807, 2.05) is 0 Å². The van der Waals surface area contributed by atoms with Gasteiger partial charge in [-0.15, -0.1) is 0 Å². The van der Waals surface area contributed by atoms with E-state index in [0.717, 1.165) is 5.56 Å². The van der Waals surface area contributed by atoms with Crippen LogP contribution in [0.2, 0.25) is 0 Å². The topological polar surface area (TPSA) is 0 Å². The van der Waals surface area contributed by atoms with Crippen molar-refractivity contribution >= 4 is 15.9 Å². The normalized spacial score (nSPS) is 12.4. The van der Waals surface area contributed by atoms with Gasteiger partial charge in [0, 0.05) is 10.9 Å². The molecule has 2 aromatic rings. The van der Waals surface area contributed by atoms with Crippen molar-refractivity contribution < 1.29 is 13.2 Å².